The van der Waals surface area contributed by atoms with Gasteiger partial charge in [0.15, 0.2) is 0 Å². The van der Waals surface area contributed by atoms with Crippen molar-refractivity contribution in [3.05, 3.63) is 88.0 Å². The summed E-state index contributed by atoms with van der Waals surface area (Å²) in [6, 6.07) is 8.00. The largest absolute Gasteiger partial charge is 0.394 e. The highest BCUT2D eigenvalue weighted by Crippen LogP contribution is 2.57. The number of nitrogens with zero attached hydrogens (tertiary/aromatic N) is 2. The Labute approximate surface area is 272 Å². The average molecular weight is 658 g/mol. The van der Waals surface area contributed by atoms with Gasteiger partial charge in [0.05, 0.1) is 18.5 Å². The fourth-order valence-corrected chi connectivity index (χ4v) is 8.05. The molecule has 3 aliphatic rings. The van der Waals surface area contributed by atoms with E-state index in [1.165, 1.54) is 12.1 Å². The summed E-state index contributed by atoms with van der Waals surface area (Å²) in [4.78, 5) is 14.0. The third kappa shape index (κ3) is 6.91. The van der Waals surface area contributed by atoms with Gasteiger partial charge in [-0.15, -0.1) is 0 Å². The molecule has 3 fully saturated rings. The van der Waals surface area contributed by atoms with Crippen molar-refractivity contribution in [3.8, 4) is 0 Å². The lowest BCUT2D eigenvalue weighted by molar-refractivity contribution is -0.242. The van der Waals surface area contributed by atoms with E-state index in [0.717, 1.165) is 37.7 Å². The maximum Gasteiger partial charge on any atom is 0.394 e. The molecule has 6 nitrogen and oxygen atoms in total. The first kappa shape index (κ1) is 33.4. The minimum Gasteiger partial charge on any atom is -0.345 e. The molecule has 0 radical (unpaired) electrons. The zero-order valence-corrected chi connectivity index (χ0v) is 27.0. The molecule has 3 unspecified atom stereocenters. The van der Waals surface area contributed by atoms with Crippen LogP contribution in [0.2, 0.25) is 0 Å². The fourth-order valence-electron chi connectivity index (χ4n) is 8.05. The van der Waals surface area contributed by atoms with Gasteiger partial charge in [0, 0.05) is 43.0 Å². The number of rotatable bonds is 7. The molecule has 1 amide bonds. The number of amides is 1. The van der Waals surface area contributed by atoms with Crippen LogP contribution in [-0.2, 0) is 13.6 Å². The Morgan fingerprint density at radius 2 is 1.77 bits per heavy atom. The van der Waals surface area contributed by atoms with Crippen LogP contribution in [0.25, 0.3) is 0 Å². The van der Waals surface area contributed by atoms with E-state index in [0.29, 0.717) is 24.0 Å². The molecule has 1 spiro atoms. The van der Waals surface area contributed by atoms with Crippen LogP contribution in [0.3, 0.4) is 0 Å². The van der Waals surface area contributed by atoms with Crippen LogP contribution in [0.5, 0.6) is 0 Å². The van der Waals surface area contributed by atoms with Gasteiger partial charge in [-0.1, -0.05) is 50.3 Å². The second-order valence-corrected chi connectivity index (χ2v) is 14.0. The van der Waals surface area contributed by atoms with Crippen molar-refractivity contribution in [1.29, 1.82) is 5.41 Å². The number of nitrogens with one attached hydrogen (secondary N) is 3. The molecule has 2 aliphatic carbocycles. The number of hydrogen-bond acceptors (Lipinski definition) is 3. The minimum atomic E-state index is -4.68. The molecule has 47 heavy (non-hydrogen) atoms. The van der Waals surface area contributed by atoms with Crippen molar-refractivity contribution in [3.63, 3.8) is 0 Å². The third-order valence-corrected chi connectivity index (χ3v) is 10.7. The van der Waals surface area contributed by atoms with Gasteiger partial charge in [-0.05, 0) is 79.0 Å². The van der Waals surface area contributed by atoms with Crippen molar-refractivity contribution >= 4 is 5.91 Å². The van der Waals surface area contributed by atoms with Crippen LogP contribution >= 0.6 is 0 Å². The van der Waals surface area contributed by atoms with Crippen LogP contribution in [0.4, 0.5) is 22.0 Å². The number of benzene rings is 2. The molecule has 2 aromatic carbocycles. The van der Waals surface area contributed by atoms with E-state index in [2.05, 4.69) is 10.6 Å². The molecule has 11 heteroatoms. The number of aromatic nitrogens is 2. The molecule has 2 saturated carbocycles. The Hall–Kier alpha value is -3.47. The number of alkyl halides is 4. The maximum absolute atomic E-state index is 15.9. The number of piperidine rings is 1. The van der Waals surface area contributed by atoms with Crippen molar-refractivity contribution in [1.82, 2.24) is 19.8 Å². The Kier molecular flexibility index (Phi) is 9.39. The van der Waals surface area contributed by atoms with E-state index in [9.17, 15) is 9.18 Å². The summed E-state index contributed by atoms with van der Waals surface area (Å²) in [5, 5.41) is 14.4. The van der Waals surface area contributed by atoms with Crippen LogP contribution in [-0.4, -0.2) is 33.9 Å². The van der Waals surface area contributed by atoms with Crippen LogP contribution in [0, 0.1) is 35.4 Å². The van der Waals surface area contributed by atoms with Crippen LogP contribution < -0.4 is 16.3 Å². The second-order valence-electron chi connectivity index (χ2n) is 14.0. The van der Waals surface area contributed by atoms with Gasteiger partial charge in [0.25, 0.3) is 5.91 Å². The van der Waals surface area contributed by atoms with E-state index >= 15 is 17.6 Å². The smallest absolute Gasteiger partial charge is 0.345 e. The average Bonchev–Trinajstić information content (AvgIpc) is 3.81. The zero-order chi connectivity index (χ0) is 33.5. The van der Waals surface area contributed by atoms with E-state index in [1.54, 1.807) is 59.8 Å². The summed E-state index contributed by atoms with van der Waals surface area (Å²) >= 11 is 0. The number of carbonyl (C=O) groups excluding carboxylic acids is 1. The summed E-state index contributed by atoms with van der Waals surface area (Å²) in [5.74, 6) is -2.58. The molecule has 2 heterocycles. The van der Waals surface area contributed by atoms with E-state index in [1.807, 2.05) is 0 Å². The Morgan fingerprint density at radius 1 is 1.06 bits per heavy atom. The SMILES string of the molecule is Cc1cc([C@@H](NC(=O)c2cc(Cn3ccn(C)c3=N)cc(C3NCC(F)C4(CCCCCCC4)C3C(F)(F)F)c2)C2CC2)ccc1F. The van der Waals surface area contributed by atoms with Crippen molar-refractivity contribution in [2.75, 3.05) is 6.54 Å². The molecule has 4 atom stereocenters. The number of aryl methyl sites for hydroxylation is 2. The monoisotopic (exact) mass is 657 g/mol. The predicted octanol–water partition coefficient (Wildman–Crippen LogP) is 7.57. The highest BCUT2D eigenvalue weighted by Gasteiger charge is 2.62. The van der Waals surface area contributed by atoms with Gasteiger partial charge in [-0.25, -0.2) is 8.78 Å². The predicted molar refractivity (Wildman–Crippen MR) is 169 cm³/mol. The first-order valence-electron chi connectivity index (χ1n) is 16.8. The van der Waals surface area contributed by atoms with Crippen molar-refractivity contribution < 1.29 is 26.7 Å². The Morgan fingerprint density at radius 3 is 2.38 bits per heavy atom. The maximum atomic E-state index is 15.9. The summed E-state index contributed by atoms with van der Waals surface area (Å²) in [6.45, 7) is 1.64. The highest BCUT2D eigenvalue weighted by atomic mass is 19.4. The Bertz CT molecular complexity index is 1650. The molecule has 3 N–H and O–H groups in total. The van der Waals surface area contributed by atoms with E-state index < -0.39 is 35.6 Å². The molecule has 6 rings (SSSR count). The number of imidazole rings is 1. The Balaban J connectivity index is 1.41. The lowest BCUT2D eigenvalue weighted by atomic mass is 9.59. The second kappa shape index (κ2) is 13.2. The standard InChI is InChI=1S/C36H44F5N5O/c1-22-16-25(10-11-28(22)37)30(24-8-9-24)44-33(47)27-18-23(21-46-15-14-45(2)34(46)42)17-26(19-27)31-32(36(39,40)41)35(29(38)20-43-31)12-6-4-3-5-7-13-35/h10-11,14-19,24,29-32,42-43H,3-9,12-13,20-21H2,1-2H3,(H,44,47)/t29?,30-,31?,32?/m0/s1. The molecular formula is C36H44F5N5O. The quantitative estimate of drug-likeness (QED) is 0.229. The molecular weight excluding hydrogens is 613 g/mol. The molecule has 1 aliphatic heterocycles. The van der Waals surface area contributed by atoms with Crippen molar-refractivity contribution in [2.45, 2.75) is 95.7 Å². The summed E-state index contributed by atoms with van der Waals surface area (Å²) in [5.41, 5.74) is 0.936. The van der Waals surface area contributed by atoms with Gasteiger partial charge in [-0.2, -0.15) is 13.2 Å². The lowest BCUT2D eigenvalue weighted by Crippen LogP contribution is -2.59. The molecule has 1 saturated heterocycles. The first-order valence-corrected chi connectivity index (χ1v) is 16.8. The van der Waals surface area contributed by atoms with E-state index in [4.69, 9.17) is 5.41 Å². The molecule has 1 aromatic heterocycles. The summed E-state index contributed by atoms with van der Waals surface area (Å²) in [6.07, 6.45) is 2.87. The van der Waals surface area contributed by atoms with Gasteiger partial charge in [0.2, 0.25) is 5.62 Å². The highest BCUT2D eigenvalue weighted by molar-refractivity contribution is 5.95. The van der Waals surface area contributed by atoms with E-state index in [-0.39, 0.29) is 60.5 Å². The fraction of sp³-hybridized carbons (Fsp3) is 0.556. The van der Waals surface area contributed by atoms with Gasteiger partial charge >= 0.3 is 6.18 Å². The summed E-state index contributed by atoms with van der Waals surface area (Å²) < 4.78 is 79.0. The zero-order valence-electron chi connectivity index (χ0n) is 27.0. The van der Waals surface area contributed by atoms with Gasteiger partial charge in [-0.3, -0.25) is 10.2 Å². The first-order chi connectivity index (χ1) is 22.4. The summed E-state index contributed by atoms with van der Waals surface area (Å²) in [7, 11) is 1.73. The third-order valence-electron chi connectivity index (χ3n) is 10.7. The molecule has 254 valence electrons. The number of carbonyl (C=O) groups is 1. The molecule has 3 aromatic rings. The topological polar surface area (TPSA) is 74.8 Å². The number of hydrogen-bond donors (Lipinski definition) is 3. The van der Waals surface area contributed by atoms with Crippen LogP contribution in [0.15, 0.2) is 48.8 Å². The normalized spacial score (nSPS) is 24.0. The van der Waals surface area contributed by atoms with Gasteiger partial charge < -0.3 is 19.8 Å². The van der Waals surface area contributed by atoms with Gasteiger partial charge in [0.1, 0.15) is 12.0 Å². The van der Waals surface area contributed by atoms with Crippen LogP contribution in [0.1, 0.15) is 102 Å². The lowest BCUT2D eigenvalue weighted by Gasteiger charge is -2.52. The molecule has 0 bridgehead atoms. The number of halogens is 5. The minimum absolute atomic E-state index is 0.164. The van der Waals surface area contributed by atoms with Crippen molar-refractivity contribution in [2.24, 2.45) is 24.3 Å².